The number of carbonyl (C=O) groups excluding carboxylic acids is 1. The smallest absolute Gasteiger partial charge is 0.288 e. The summed E-state index contributed by atoms with van der Waals surface area (Å²) >= 11 is 5.67. The number of halogens is 3. The maximum Gasteiger partial charge on any atom is 0.288 e. The van der Waals surface area contributed by atoms with E-state index in [-0.39, 0.29) is 16.4 Å². The number of nitrogens with zero attached hydrogens (tertiary/aromatic N) is 1. The summed E-state index contributed by atoms with van der Waals surface area (Å²) in [6.07, 6.45) is 2.37. The second-order valence-corrected chi connectivity index (χ2v) is 4.82. The molecule has 0 aliphatic heterocycles. The molecule has 0 heterocycles. The lowest BCUT2D eigenvalue weighted by atomic mass is 10.2. The number of nitro benzene ring substituents is 1. The van der Waals surface area contributed by atoms with Crippen LogP contribution in [0.3, 0.4) is 0 Å². The van der Waals surface area contributed by atoms with Crippen LogP contribution in [-0.4, -0.2) is 10.8 Å². The Balaban J connectivity index is 2.12. The summed E-state index contributed by atoms with van der Waals surface area (Å²) in [5, 5.41) is 13.0. The van der Waals surface area contributed by atoms with Gasteiger partial charge in [0.05, 0.1) is 10.6 Å². The third kappa shape index (κ3) is 4.33. The molecule has 1 N–H and O–H groups in total. The Hall–Kier alpha value is -2.80. The van der Waals surface area contributed by atoms with Crippen LogP contribution < -0.4 is 5.32 Å². The fourth-order valence-electron chi connectivity index (χ4n) is 1.71. The molecule has 0 aliphatic carbocycles. The number of benzene rings is 2. The molecule has 2 rings (SSSR count). The van der Waals surface area contributed by atoms with Crippen molar-refractivity contribution in [2.75, 3.05) is 5.32 Å². The zero-order chi connectivity index (χ0) is 17.0. The van der Waals surface area contributed by atoms with Crippen LogP contribution in [0.15, 0.2) is 42.5 Å². The number of anilines is 1. The van der Waals surface area contributed by atoms with E-state index in [0.29, 0.717) is 11.6 Å². The van der Waals surface area contributed by atoms with Crippen LogP contribution in [0.5, 0.6) is 0 Å². The quantitative estimate of drug-likeness (QED) is 0.516. The van der Waals surface area contributed by atoms with Gasteiger partial charge in [0.2, 0.25) is 5.91 Å². The highest BCUT2D eigenvalue weighted by Crippen LogP contribution is 2.25. The predicted octanol–water partition coefficient (Wildman–Crippen LogP) is 4.18. The van der Waals surface area contributed by atoms with Crippen molar-refractivity contribution in [2.45, 2.75) is 0 Å². The van der Waals surface area contributed by atoms with Gasteiger partial charge in [0.1, 0.15) is 16.7 Å². The Kier molecular flexibility index (Phi) is 5.02. The molecular weight excluding hydrogens is 330 g/mol. The van der Waals surface area contributed by atoms with Crippen molar-refractivity contribution >= 4 is 35.0 Å². The molecule has 0 fully saturated rings. The zero-order valence-electron chi connectivity index (χ0n) is 11.4. The molecule has 8 heteroatoms. The van der Waals surface area contributed by atoms with E-state index < -0.39 is 22.5 Å². The normalized spacial score (nSPS) is 10.7. The van der Waals surface area contributed by atoms with Gasteiger partial charge in [-0.15, -0.1) is 0 Å². The Morgan fingerprint density at radius 3 is 2.61 bits per heavy atom. The summed E-state index contributed by atoms with van der Waals surface area (Å²) in [5.41, 5.74) is -0.0993. The van der Waals surface area contributed by atoms with Gasteiger partial charge in [-0.2, -0.15) is 0 Å². The number of nitro groups is 1. The Bertz CT molecular complexity index is 809. The minimum atomic E-state index is -0.908. The van der Waals surface area contributed by atoms with Crippen molar-refractivity contribution in [3.8, 4) is 0 Å². The lowest BCUT2D eigenvalue weighted by molar-refractivity contribution is -0.384. The van der Waals surface area contributed by atoms with Gasteiger partial charge in [-0.25, -0.2) is 8.78 Å². The van der Waals surface area contributed by atoms with Crippen molar-refractivity contribution in [2.24, 2.45) is 0 Å². The molecule has 0 bridgehead atoms. The van der Waals surface area contributed by atoms with E-state index in [1.54, 1.807) is 0 Å². The first-order valence-corrected chi connectivity index (χ1v) is 6.62. The van der Waals surface area contributed by atoms with E-state index in [1.807, 2.05) is 0 Å². The van der Waals surface area contributed by atoms with Gasteiger partial charge in [-0.1, -0.05) is 17.7 Å². The van der Waals surface area contributed by atoms with Gasteiger partial charge in [-0.3, -0.25) is 14.9 Å². The largest absolute Gasteiger partial charge is 0.320 e. The van der Waals surface area contributed by atoms with E-state index in [2.05, 4.69) is 5.32 Å². The first-order valence-electron chi connectivity index (χ1n) is 6.25. The Labute approximate surface area is 134 Å². The summed E-state index contributed by atoms with van der Waals surface area (Å²) < 4.78 is 26.1. The summed E-state index contributed by atoms with van der Waals surface area (Å²) in [7, 11) is 0. The predicted molar refractivity (Wildman–Crippen MR) is 82.1 cm³/mol. The summed E-state index contributed by atoms with van der Waals surface area (Å²) in [6, 6.07) is 6.75. The van der Waals surface area contributed by atoms with E-state index >= 15 is 0 Å². The maximum absolute atomic E-state index is 13.4. The molecule has 0 radical (unpaired) electrons. The van der Waals surface area contributed by atoms with Gasteiger partial charge in [0.25, 0.3) is 5.69 Å². The lowest BCUT2D eigenvalue weighted by Crippen LogP contribution is -2.09. The molecule has 5 nitrogen and oxygen atoms in total. The molecule has 2 aromatic carbocycles. The van der Waals surface area contributed by atoms with E-state index in [0.717, 1.165) is 18.2 Å². The van der Waals surface area contributed by atoms with Crippen molar-refractivity contribution < 1.29 is 18.5 Å². The molecule has 1 amide bonds. The highest BCUT2D eigenvalue weighted by molar-refractivity contribution is 6.32. The molecule has 0 atom stereocenters. The average molecular weight is 339 g/mol. The van der Waals surface area contributed by atoms with E-state index in [9.17, 15) is 23.7 Å². The lowest BCUT2D eigenvalue weighted by Gasteiger charge is -2.03. The third-order valence-corrected chi connectivity index (χ3v) is 3.10. The number of nitrogens with one attached hydrogen (secondary N) is 1. The topological polar surface area (TPSA) is 72.2 Å². The minimum Gasteiger partial charge on any atom is -0.320 e. The highest BCUT2D eigenvalue weighted by Gasteiger charge is 2.12. The number of hydrogen-bond acceptors (Lipinski definition) is 3. The highest BCUT2D eigenvalue weighted by atomic mass is 35.5. The van der Waals surface area contributed by atoms with Crippen molar-refractivity contribution in [1.29, 1.82) is 0 Å². The van der Waals surface area contributed by atoms with Gasteiger partial charge in [0.15, 0.2) is 0 Å². The van der Waals surface area contributed by atoms with Gasteiger partial charge in [-0.05, 0) is 29.8 Å². The van der Waals surface area contributed by atoms with Crippen LogP contribution in [-0.2, 0) is 4.79 Å². The van der Waals surface area contributed by atoms with Crippen molar-refractivity contribution in [1.82, 2.24) is 0 Å². The van der Waals surface area contributed by atoms with Crippen molar-refractivity contribution in [3.05, 3.63) is 74.8 Å². The Morgan fingerprint density at radius 2 is 1.96 bits per heavy atom. The second-order valence-electron chi connectivity index (χ2n) is 4.41. The average Bonchev–Trinajstić information content (AvgIpc) is 2.49. The second kappa shape index (κ2) is 6.97. The molecule has 23 heavy (non-hydrogen) atoms. The molecule has 0 unspecified atom stereocenters. The van der Waals surface area contributed by atoms with Crippen molar-refractivity contribution in [3.63, 3.8) is 0 Å². The minimum absolute atomic E-state index is 0.0232. The standard InChI is InChI=1S/C15H9ClF2N2O3/c16-11-4-1-9(7-14(11)20(22)23)2-6-15(21)19-13-5-3-10(17)8-12(13)18/h1-8H,(H,19,21)/b6-2+. The molecular formula is C15H9ClF2N2O3. The van der Waals surface area contributed by atoms with Crippen LogP contribution in [0, 0.1) is 21.7 Å². The van der Waals surface area contributed by atoms with E-state index in [1.165, 1.54) is 24.3 Å². The van der Waals surface area contributed by atoms with Gasteiger partial charge >= 0.3 is 0 Å². The molecule has 0 saturated carbocycles. The molecule has 2 aromatic rings. The van der Waals surface area contributed by atoms with Crippen LogP contribution in [0.25, 0.3) is 6.08 Å². The SMILES string of the molecule is O=C(/C=C/c1ccc(Cl)c([N+](=O)[O-])c1)Nc1ccc(F)cc1F. The summed E-state index contributed by atoms with van der Waals surface area (Å²) in [4.78, 5) is 21.8. The first-order chi connectivity index (χ1) is 10.9. The monoisotopic (exact) mass is 338 g/mol. The van der Waals surface area contributed by atoms with Gasteiger partial charge in [0, 0.05) is 18.2 Å². The number of amides is 1. The fraction of sp³-hybridized carbons (Fsp3) is 0. The third-order valence-electron chi connectivity index (χ3n) is 2.78. The number of rotatable bonds is 4. The van der Waals surface area contributed by atoms with Crippen LogP contribution in [0.1, 0.15) is 5.56 Å². The molecule has 0 aromatic heterocycles. The van der Waals surface area contributed by atoms with Crippen LogP contribution >= 0.6 is 11.6 Å². The molecule has 118 valence electrons. The maximum atomic E-state index is 13.4. The van der Waals surface area contributed by atoms with Gasteiger partial charge < -0.3 is 5.32 Å². The molecule has 0 saturated heterocycles. The fourth-order valence-corrected chi connectivity index (χ4v) is 1.90. The Morgan fingerprint density at radius 1 is 1.22 bits per heavy atom. The summed E-state index contributed by atoms with van der Waals surface area (Å²) in [5.74, 6) is -2.34. The summed E-state index contributed by atoms with van der Waals surface area (Å²) in [6.45, 7) is 0. The van der Waals surface area contributed by atoms with Crippen LogP contribution in [0.2, 0.25) is 5.02 Å². The van der Waals surface area contributed by atoms with E-state index in [4.69, 9.17) is 11.6 Å². The zero-order valence-corrected chi connectivity index (χ0v) is 12.2. The first kappa shape index (κ1) is 16.6. The molecule has 0 aliphatic rings. The van der Waals surface area contributed by atoms with Crippen LogP contribution in [0.4, 0.5) is 20.2 Å². The molecule has 0 spiro atoms. The number of hydrogen-bond donors (Lipinski definition) is 1. The number of carbonyl (C=O) groups is 1.